The molecule has 6 heavy (non-hydrogen) atoms. The quantitative estimate of drug-likeness (QED) is 0.550. The first-order valence-electron chi connectivity index (χ1n) is 0.535. The van der Waals surface area contributed by atoms with Gasteiger partial charge in [0, 0.05) is 29.6 Å². The summed E-state index contributed by atoms with van der Waals surface area (Å²) < 4.78 is 0. The molecule has 0 amide bonds. The van der Waals surface area contributed by atoms with E-state index < -0.39 is 9.20 Å². The molecule has 0 rings (SSSR count). The van der Waals surface area contributed by atoms with Crippen LogP contribution in [0.1, 0.15) is 0 Å². The van der Waals surface area contributed by atoms with Gasteiger partial charge in [-0.05, 0) is 0 Å². The number of rotatable bonds is 0. The van der Waals surface area contributed by atoms with Crippen molar-refractivity contribution in [2.24, 2.45) is 0 Å². The smallest absolute Gasteiger partial charge is 0 e. The van der Waals surface area contributed by atoms with E-state index >= 15 is 0 Å². The van der Waals surface area contributed by atoms with Crippen LogP contribution in [0, 0.1) is 0 Å². The first-order valence-corrected chi connectivity index (χ1v) is 6.61. The molecular formula is Cl4FeNa. The summed E-state index contributed by atoms with van der Waals surface area (Å²) in [4.78, 5) is 0. The molecule has 0 spiro atoms. The first-order chi connectivity index (χ1) is 2.00. The van der Waals surface area contributed by atoms with Crippen molar-refractivity contribution in [3.8, 4) is 0 Å². The van der Waals surface area contributed by atoms with Crippen molar-refractivity contribution < 1.29 is 9.20 Å². The van der Waals surface area contributed by atoms with Crippen molar-refractivity contribution >= 4 is 69.9 Å². The maximum absolute atomic E-state index is 4.95. The predicted molar refractivity (Wildman–Crippen MR) is 29.2 cm³/mol. The van der Waals surface area contributed by atoms with E-state index in [1.54, 1.807) is 0 Å². The summed E-state index contributed by atoms with van der Waals surface area (Å²) in [6.45, 7) is 0. The van der Waals surface area contributed by atoms with Gasteiger partial charge in [0.25, 0.3) is 0 Å². The van der Waals surface area contributed by atoms with Crippen LogP contribution in [0.2, 0.25) is 0 Å². The standard InChI is InChI=1S/4ClH.Fe.Na/h4*1H;;/q;;;;+4;/p-4. The van der Waals surface area contributed by atoms with Crippen LogP contribution in [-0.4, -0.2) is 29.6 Å². The molecule has 0 bridgehead atoms. The number of halogens is 4. The fourth-order valence-electron chi connectivity index (χ4n) is 0. The van der Waals surface area contributed by atoms with E-state index in [0.29, 0.717) is 0 Å². The molecule has 0 aromatic heterocycles. The second-order valence-corrected chi connectivity index (χ2v) is 11.2. The van der Waals surface area contributed by atoms with E-state index in [-0.39, 0.29) is 29.6 Å². The maximum atomic E-state index is 4.95. The Balaban J connectivity index is 0. The normalized spacial score (nSPS) is 12.7. The molecule has 0 aromatic rings. The molecule has 6 heteroatoms. The summed E-state index contributed by atoms with van der Waals surface area (Å²) in [5, 5.41) is 0. The second kappa shape index (κ2) is 4.55. The zero-order chi connectivity index (χ0) is 4.50. The van der Waals surface area contributed by atoms with Gasteiger partial charge in [-0.2, -0.15) is 0 Å². The Morgan fingerprint density at radius 1 is 0.833 bits per heavy atom. The fraction of sp³-hybridized carbons (Fsp3) is 0. The van der Waals surface area contributed by atoms with Crippen molar-refractivity contribution in [2.75, 3.05) is 0 Å². The van der Waals surface area contributed by atoms with E-state index in [2.05, 4.69) is 0 Å². The Morgan fingerprint density at radius 2 is 0.833 bits per heavy atom. The molecule has 0 saturated heterocycles. The van der Waals surface area contributed by atoms with Gasteiger partial charge in [-0.15, -0.1) is 0 Å². The topological polar surface area (TPSA) is 0 Å². The molecule has 1 radical (unpaired) electrons. The predicted octanol–water partition coefficient (Wildman–Crippen LogP) is 2.37. The van der Waals surface area contributed by atoms with Gasteiger partial charge in [0.2, 0.25) is 0 Å². The molecule has 0 fully saturated rings. The van der Waals surface area contributed by atoms with Crippen LogP contribution in [0.5, 0.6) is 0 Å². The molecule has 0 heterocycles. The minimum atomic E-state index is -2.61. The van der Waals surface area contributed by atoms with Crippen molar-refractivity contribution in [1.29, 1.82) is 0 Å². The zero-order valence-corrected chi connectivity index (χ0v) is 8.99. The van der Waals surface area contributed by atoms with Crippen molar-refractivity contribution in [1.82, 2.24) is 0 Å². The van der Waals surface area contributed by atoms with Gasteiger partial charge in [-0.1, -0.05) is 0 Å². The van der Waals surface area contributed by atoms with Gasteiger partial charge in [0.05, 0.1) is 0 Å². The molecule has 37 valence electrons. The summed E-state index contributed by atoms with van der Waals surface area (Å²) in [5.41, 5.74) is 0. The average Bonchev–Trinajstić information content (AvgIpc) is 0.722. The van der Waals surface area contributed by atoms with Crippen LogP contribution in [0.4, 0.5) is 0 Å². The Morgan fingerprint density at radius 3 is 0.833 bits per heavy atom. The summed E-state index contributed by atoms with van der Waals surface area (Å²) in [7, 11) is 17.2. The van der Waals surface area contributed by atoms with Crippen LogP contribution < -0.4 is 0 Å². The molecule has 0 aliphatic heterocycles. The van der Waals surface area contributed by atoms with Gasteiger partial charge < -0.3 is 0 Å². The molecular weight excluding hydrogens is 221 g/mol. The minimum absolute atomic E-state index is 0. The summed E-state index contributed by atoms with van der Waals surface area (Å²) >= 11 is 0. The molecule has 0 saturated carbocycles. The van der Waals surface area contributed by atoms with E-state index in [1.807, 2.05) is 0 Å². The van der Waals surface area contributed by atoms with Gasteiger partial charge >= 0.3 is 49.6 Å². The van der Waals surface area contributed by atoms with Crippen LogP contribution in [0.15, 0.2) is 0 Å². The minimum Gasteiger partial charge on any atom is 0 e. The van der Waals surface area contributed by atoms with Gasteiger partial charge in [-0.3, -0.25) is 0 Å². The third-order valence-electron chi connectivity index (χ3n) is 0. The average molecular weight is 221 g/mol. The SMILES string of the molecule is [Cl][Fe]([Cl])([Cl])[Cl].[Na]. The van der Waals surface area contributed by atoms with Crippen molar-refractivity contribution in [2.45, 2.75) is 0 Å². The third kappa shape index (κ3) is 30.0. The first kappa shape index (κ1) is 11.5. The van der Waals surface area contributed by atoms with Crippen LogP contribution >= 0.6 is 40.4 Å². The molecule has 0 atom stereocenters. The van der Waals surface area contributed by atoms with E-state index in [0.717, 1.165) is 0 Å². The number of hydrogen-bond donors (Lipinski definition) is 0. The van der Waals surface area contributed by atoms with Crippen molar-refractivity contribution in [3.05, 3.63) is 0 Å². The van der Waals surface area contributed by atoms with Gasteiger partial charge in [-0.25, -0.2) is 0 Å². The number of hydrogen-bond acceptors (Lipinski definition) is 0. The molecule has 0 N–H and O–H groups in total. The summed E-state index contributed by atoms with van der Waals surface area (Å²) in [5.74, 6) is 0. The van der Waals surface area contributed by atoms with Gasteiger partial charge in [0.1, 0.15) is 0 Å². The maximum Gasteiger partial charge on any atom is 0 e. The Labute approximate surface area is 77.9 Å². The van der Waals surface area contributed by atoms with E-state index in [4.69, 9.17) is 40.4 Å². The van der Waals surface area contributed by atoms with E-state index in [1.165, 1.54) is 0 Å². The monoisotopic (exact) mass is 219 g/mol. The van der Waals surface area contributed by atoms with Crippen molar-refractivity contribution in [3.63, 3.8) is 0 Å². The Bertz CT molecular complexity index is 23.0. The Hall–Kier alpha value is 2.68. The van der Waals surface area contributed by atoms with E-state index in [9.17, 15) is 0 Å². The Kier molecular flexibility index (Phi) is 8.70. The van der Waals surface area contributed by atoms with Crippen LogP contribution in [0.25, 0.3) is 0 Å². The van der Waals surface area contributed by atoms with Gasteiger partial charge in [0.15, 0.2) is 0 Å². The third-order valence-corrected chi connectivity index (χ3v) is 0. The molecule has 0 nitrogen and oxygen atoms in total. The van der Waals surface area contributed by atoms with Crippen LogP contribution in [-0.2, 0) is 9.20 Å². The largest absolute Gasteiger partial charge is 0 e. The summed E-state index contributed by atoms with van der Waals surface area (Å²) in [6, 6.07) is 0. The van der Waals surface area contributed by atoms with Crippen LogP contribution in [0.3, 0.4) is 0 Å². The summed E-state index contributed by atoms with van der Waals surface area (Å²) in [6.07, 6.45) is 0. The molecule has 0 unspecified atom stereocenters. The zero-order valence-electron chi connectivity index (χ0n) is 2.87. The fourth-order valence-corrected chi connectivity index (χ4v) is 0. The molecule has 0 aromatic carbocycles. The second-order valence-electron chi connectivity index (χ2n) is 0.303. The molecule has 0 aliphatic carbocycles. The molecule has 0 aliphatic rings.